The van der Waals surface area contributed by atoms with Gasteiger partial charge in [0.15, 0.2) is 6.04 Å². The van der Waals surface area contributed by atoms with E-state index < -0.39 is 35.9 Å². The minimum Gasteiger partial charge on any atom is -0.479 e. The monoisotopic (exact) mass is 329 g/mol. The minimum absolute atomic E-state index is 0.0980. The van der Waals surface area contributed by atoms with E-state index in [1.54, 1.807) is 24.3 Å². The summed E-state index contributed by atoms with van der Waals surface area (Å²) in [7, 11) is 0. The lowest BCUT2D eigenvalue weighted by atomic mass is 9.86. The number of hydrogen-bond acceptors (Lipinski definition) is 2. The van der Waals surface area contributed by atoms with E-state index in [9.17, 15) is 27.9 Å². The van der Waals surface area contributed by atoms with Crippen LogP contribution >= 0.6 is 0 Å². The highest BCUT2D eigenvalue weighted by Gasteiger charge is 2.50. The first-order chi connectivity index (χ1) is 10.5. The molecule has 0 saturated carbocycles. The molecule has 0 fully saturated rings. The number of carboxylic acid groups (broad SMARTS) is 1. The van der Waals surface area contributed by atoms with Crippen LogP contribution in [0.3, 0.4) is 0 Å². The maximum atomic E-state index is 13.0. The third-order valence-corrected chi connectivity index (χ3v) is 4.20. The second-order valence-corrected chi connectivity index (χ2v) is 6.34. The SMILES string of the molecule is CC(C)(CC(=O)N1CCc2ccccc2C1C(=O)O)C(F)(F)F. The van der Waals surface area contributed by atoms with Crippen LogP contribution in [0.4, 0.5) is 13.2 Å². The number of amides is 1. The molecule has 4 nitrogen and oxygen atoms in total. The van der Waals surface area contributed by atoms with Crippen molar-refractivity contribution in [3.8, 4) is 0 Å². The van der Waals surface area contributed by atoms with Crippen molar-refractivity contribution in [3.05, 3.63) is 35.4 Å². The van der Waals surface area contributed by atoms with Crippen molar-refractivity contribution < 1.29 is 27.9 Å². The van der Waals surface area contributed by atoms with Crippen LogP contribution in [0.5, 0.6) is 0 Å². The van der Waals surface area contributed by atoms with Gasteiger partial charge in [-0.15, -0.1) is 0 Å². The summed E-state index contributed by atoms with van der Waals surface area (Å²) in [6.45, 7) is 1.98. The summed E-state index contributed by atoms with van der Waals surface area (Å²) in [6, 6.07) is 5.55. The van der Waals surface area contributed by atoms with E-state index in [0.29, 0.717) is 12.0 Å². The number of nitrogens with zero attached hydrogens (tertiary/aromatic N) is 1. The number of carbonyl (C=O) groups is 2. The lowest BCUT2D eigenvalue weighted by molar-refractivity contribution is -0.215. The number of benzene rings is 1. The van der Waals surface area contributed by atoms with Crippen molar-refractivity contribution >= 4 is 11.9 Å². The van der Waals surface area contributed by atoms with Crippen LogP contribution in [0, 0.1) is 5.41 Å². The molecule has 0 spiro atoms. The highest BCUT2D eigenvalue weighted by molar-refractivity contribution is 5.86. The van der Waals surface area contributed by atoms with E-state index in [4.69, 9.17) is 0 Å². The van der Waals surface area contributed by atoms with Gasteiger partial charge in [0.05, 0.1) is 5.41 Å². The Kier molecular flexibility index (Phi) is 4.41. The lowest BCUT2D eigenvalue weighted by Gasteiger charge is -2.37. The zero-order chi connectivity index (χ0) is 17.4. The van der Waals surface area contributed by atoms with Gasteiger partial charge in [0.2, 0.25) is 5.91 Å². The van der Waals surface area contributed by atoms with Crippen LogP contribution in [0.2, 0.25) is 0 Å². The lowest BCUT2D eigenvalue weighted by Crippen LogP contribution is -2.46. The molecule has 1 unspecified atom stereocenters. The van der Waals surface area contributed by atoms with Crippen molar-refractivity contribution in [1.82, 2.24) is 4.90 Å². The van der Waals surface area contributed by atoms with Gasteiger partial charge in [-0.1, -0.05) is 38.1 Å². The number of carboxylic acids is 1. The van der Waals surface area contributed by atoms with E-state index in [1.165, 1.54) is 0 Å². The summed E-state index contributed by atoms with van der Waals surface area (Å²) in [6.07, 6.45) is -4.88. The van der Waals surface area contributed by atoms with Gasteiger partial charge in [-0.2, -0.15) is 13.2 Å². The summed E-state index contributed by atoms with van der Waals surface area (Å²) >= 11 is 0. The Morgan fingerprint density at radius 1 is 1.26 bits per heavy atom. The zero-order valence-corrected chi connectivity index (χ0v) is 12.9. The fourth-order valence-corrected chi connectivity index (χ4v) is 2.68. The minimum atomic E-state index is -4.53. The summed E-state index contributed by atoms with van der Waals surface area (Å²) in [5, 5.41) is 9.45. The molecule has 1 atom stereocenters. The number of hydrogen-bond donors (Lipinski definition) is 1. The standard InChI is InChI=1S/C16H18F3NO3/c1-15(2,16(17,18)19)9-12(21)20-8-7-10-5-3-4-6-11(10)13(20)14(22)23/h3-6,13H,7-9H2,1-2H3,(H,22,23). The Hall–Kier alpha value is -2.05. The summed E-state index contributed by atoms with van der Waals surface area (Å²) in [5.41, 5.74) is -0.937. The quantitative estimate of drug-likeness (QED) is 0.927. The molecule has 1 N–H and O–H groups in total. The average molecular weight is 329 g/mol. The summed E-state index contributed by atoms with van der Waals surface area (Å²) in [5.74, 6) is -2.04. The Morgan fingerprint density at radius 2 is 1.87 bits per heavy atom. The maximum Gasteiger partial charge on any atom is 0.394 e. The van der Waals surface area contributed by atoms with Crippen LogP contribution in [-0.4, -0.2) is 34.6 Å². The van der Waals surface area contributed by atoms with Crippen molar-refractivity contribution in [2.45, 2.75) is 38.9 Å². The van der Waals surface area contributed by atoms with Gasteiger partial charge in [0.25, 0.3) is 0 Å². The fourth-order valence-electron chi connectivity index (χ4n) is 2.68. The molecule has 2 rings (SSSR count). The van der Waals surface area contributed by atoms with Crippen LogP contribution in [0.15, 0.2) is 24.3 Å². The van der Waals surface area contributed by atoms with Crippen LogP contribution in [0.25, 0.3) is 0 Å². The van der Waals surface area contributed by atoms with Crippen molar-refractivity contribution in [2.24, 2.45) is 5.41 Å². The van der Waals surface area contributed by atoms with Gasteiger partial charge in [0.1, 0.15) is 0 Å². The van der Waals surface area contributed by atoms with E-state index in [2.05, 4.69) is 0 Å². The van der Waals surface area contributed by atoms with Crippen LogP contribution < -0.4 is 0 Å². The molecule has 1 heterocycles. The first-order valence-corrected chi connectivity index (χ1v) is 7.21. The molecule has 23 heavy (non-hydrogen) atoms. The molecule has 1 aliphatic heterocycles. The molecule has 1 amide bonds. The normalized spacial score (nSPS) is 18.5. The molecule has 0 aromatic heterocycles. The molecular formula is C16H18F3NO3. The predicted octanol–water partition coefficient (Wildman–Crippen LogP) is 3.18. The number of fused-ring (bicyclic) bond motifs is 1. The first-order valence-electron chi connectivity index (χ1n) is 7.21. The third kappa shape index (κ3) is 3.33. The van der Waals surface area contributed by atoms with E-state index in [0.717, 1.165) is 24.3 Å². The molecule has 7 heteroatoms. The third-order valence-electron chi connectivity index (χ3n) is 4.20. The fraction of sp³-hybridized carbons (Fsp3) is 0.500. The molecule has 0 bridgehead atoms. The van der Waals surface area contributed by atoms with Crippen molar-refractivity contribution in [2.75, 3.05) is 6.54 Å². The molecule has 126 valence electrons. The number of carbonyl (C=O) groups excluding carboxylic acids is 1. The second-order valence-electron chi connectivity index (χ2n) is 6.34. The zero-order valence-electron chi connectivity index (χ0n) is 12.9. The van der Waals surface area contributed by atoms with Gasteiger partial charge in [-0.25, -0.2) is 4.79 Å². The molecule has 0 saturated heterocycles. The second kappa shape index (κ2) is 5.86. The molecule has 1 aromatic carbocycles. The largest absolute Gasteiger partial charge is 0.479 e. The average Bonchev–Trinajstić information content (AvgIpc) is 2.44. The van der Waals surface area contributed by atoms with E-state index in [-0.39, 0.29) is 6.54 Å². The Balaban J connectivity index is 2.29. The Morgan fingerprint density at radius 3 is 2.43 bits per heavy atom. The summed E-state index contributed by atoms with van der Waals surface area (Å²) < 4.78 is 38.9. The van der Waals surface area contributed by atoms with Crippen LogP contribution in [-0.2, 0) is 16.0 Å². The predicted molar refractivity (Wildman–Crippen MR) is 76.7 cm³/mol. The van der Waals surface area contributed by atoms with E-state index in [1.807, 2.05) is 0 Å². The van der Waals surface area contributed by atoms with E-state index >= 15 is 0 Å². The molecule has 1 aliphatic rings. The highest BCUT2D eigenvalue weighted by Crippen LogP contribution is 2.41. The Labute approximate surface area is 131 Å². The van der Waals surface area contributed by atoms with Gasteiger partial charge in [-0.3, -0.25) is 4.79 Å². The highest BCUT2D eigenvalue weighted by atomic mass is 19.4. The molecule has 0 aliphatic carbocycles. The number of alkyl halides is 3. The van der Waals surface area contributed by atoms with Crippen molar-refractivity contribution in [1.29, 1.82) is 0 Å². The maximum absolute atomic E-state index is 13.0. The van der Waals surface area contributed by atoms with Gasteiger partial charge in [0, 0.05) is 13.0 Å². The number of rotatable bonds is 3. The van der Waals surface area contributed by atoms with Crippen molar-refractivity contribution in [3.63, 3.8) is 0 Å². The van der Waals surface area contributed by atoms with Gasteiger partial charge < -0.3 is 10.0 Å². The molecular weight excluding hydrogens is 311 g/mol. The number of aliphatic carboxylic acids is 1. The Bertz CT molecular complexity index is 625. The molecule has 0 radical (unpaired) electrons. The van der Waals surface area contributed by atoms with Gasteiger partial charge >= 0.3 is 12.1 Å². The van der Waals surface area contributed by atoms with Gasteiger partial charge in [-0.05, 0) is 17.5 Å². The smallest absolute Gasteiger partial charge is 0.394 e. The topological polar surface area (TPSA) is 57.6 Å². The first kappa shape index (κ1) is 17.3. The summed E-state index contributed by atoms with van der Waals surface area (Å²) in [4.78, 5) is 25.0. The number of halogens is 3. The van der Waals surface area contributed by atoms with Crippen LogP contribution in [0.1, 0.15) is 37.4 Å². The molecule has 1 aromatic rings.